The van der Waals surface area contributed by atoms with Crippen LogP contribution < -0.4 is 10.0 Å². The molecule has 4 N–H and O–H groups in total. The van der Waals surface area contributed by atoms with E-state index >= 15 is 0 Å². The first kappa shape index (κ1) is 14.6. The number of H-pyrrole nitrogens is 2. The summed E-state index contributed by atoms with van der Waals surface area (Å²) in [6.45, 7) is 3.35. The van der Waals surface area contributed by atoms with Crippen LogP contribution >= 0.6 is 0 Å². The molecule has 0 unspecified atom stereocenters. The van der Waals surface area contributed by atoms with Gasteiger partial charge in [-0.2, -0.15) is 10.2 Å². The second-order valence-electron chi connectivity index (χ2n) is 4.16. The van der Waals surface area contributed by atoms with Crippen LogP contribution in [0, 0.1) is 0 Å². The quantitative estimate of drug-likeness (QED) is 0.487. The fourth-order valence-electron chi connectivity index (χ4n) is 1.61. The fourth-order valence-corrected chi connectivity index (χ4v) is 2.72. The second-order valence-corrected chi connectivity index (χ2v) is 5.86. The third-order valence-corrected chi connectivity index (χ3v) is 4.00. The first-order valence-electron chi connectivity index (χ1n) is 6.20. The summed E-state index contributed by atoms with van der Waals surface area (Å²) in [5, 5.41) is 15.8. The highest BCUT2D eigenvalue weighted by atomic mass is 32.2. The van der Waals surface area contributed by atoms with Gasteiger partial charge in [0.05, 0.1) is 12.7 Å². The van der Waals surface area contributed by atoms with Crippen molar-refractivity contribution in [1.82, 2.24) is 35.4 Å². The number of nitrogens with zero attached hydrogens (tertiary/aromatic N) is 3. The molecule has 10 heteroatoms. The van der Waals surface area contributed by atoms with Crippen LogP contribution in [0.3, 0.4) is 0 Å². The van der Waals surface area contributed by atoms with E-state index in [1.54, 1.807) is 0 Å². The molecule has 110 valence electrons. The Morgan fingerprint density at radius 1 is 1.25 bits per heavy atom. The molecule has 0 radical (unpaired) electrons. The second kappa shape index (κ2) is 6.59. The Morgan fingerprint density at radius 2 is 2.10 bits per heavy atom. The normalized spacial score (nSPS) is 11.8. The lowest BCUT2D eigenvalue weighted by Crippen LogP contribution is -2.26. The van der Waals surface area contributed by atoms with E-state index in [1.807, 2.05) is 6.92 Å². The Labute approximate surface area is 116 Å². The van der Waals surface area contributed by atoms with E-state index in [-0.39, 0.29) is 11.6 Å². The molecule has 0 saturated carbocycles. The third kappa shape index (κ3) is 3.62. The smallest absolute Gasteiger partial charge is 0.258 e. The molecule has 2 rings (SSSR count). The van der Waals surface area contributed by atoms with Gasteiger partial charge < -0.3 is 5.32 Å². The maximum atomic E-state index is 12.2. The molecule has 0 aliphatic heterocycles. The Kier molecular flexibility index (Phi) is 4.82. The van der Waals surface area contributed by atoms with Crippen molar-refractivity contribution in [2.75, 3.05) is 6.54 Å². The summed E-state index contributed by atoms with van der Waals surface area (Å²) in [6, 6.07) is 0. The highest BCUT2D eigenvalue weighted by Gasteiger charge is 2.20. The molecular formula is C10H17N7O2S. The lowest BCUT2D eigenvalue weighted by Gasteiger charge is -2.06. The van der Waals surface area contributed by atoms with Gasteiger partial charge in [-0.1, -0.05) is 6.92 Å². The van der Waals surface area contributed by atoms with E-state index in [4.69, 9.17) is 0 Å². The minimum atomic E-state index is -3.66. The fraction of sp³-hybridized carbons (Fsp3) is 0.500. The summed E-state index contributed by atoms with van der Waals surface area (Å²) in [4.78, 5) is 3.85. The number of sulfonamides is 1. The largest absolute Gasteiger partial charge is 0.313 e. The van der Waals surface area contributed by atoms with Crippen molar-refractivity contribution in [2.24, 2.45) is 0 Å². The van der Waals surface area contributed by atoms with E-state index in [0.29, 0.717) is 17.9 Å². The van der Waals surface area contributed by atoms with Crippen molar-refractivity contribution in [3.05, 3.63) is 23.9 Å². The maximum absolute atomic E-state index is 12.2. The predicted octanol–water partition coefficient (Wildman–Crippen LogP) is -0.494. The van der Waals surface area contributed by atoms with Crippen LogP contribution in [-0.2, 0) is 23.1 Å². The zero-order valence-corrected chi connectivity index (χ0v) is 11.9. The summed E-state index contributed by atoms with van der Waals surface area (Å²) in [7, 11) is -3.66. The summed E-state index contributed by atoms with van der Waals surface area (Å²) >= 11 is 0. The Morgan fingerprint density at radius 3 is 2.80 bits per heavy atom. The van der Waals surface area contributed by atoms with Gasteiger partial charge in [-0.25, -0.2) is 18.1 Å². The van der Waals surface area contributed by atoms with Crippen LogP contribution in [0.2, 0.25) is 0 Å². The van der Waals surface area contributed by atoms with Crippen molar-refractivity contribution in [2.45, 2.75) is 31.5 Å². The molecule has 0 aliphatic rings. The SMILES string of the molecule is CCCNCc1cn[nH]c1S(=O)(=O)NCc1ncn[nH]1. The van der Waals surface area contributed by atoms with Gasteiger partial charge in [-0.05, 0) is 13.0 Å². The standard InChI is InChI=1S/C10H17N7O2S/c1-2-3-11-4-8-5-13-17-10(8)20(18,19)15-6-9-12-7-14-16-9/h5,7,11,15H,2-4,6H2,1H3,(H,13,17)(H,12,14,16). The van der Waals surface area contributed by atoms with Gasteiger partial charge >= 0.3 is 0 Å². The average Bonchev–Trinajstić information content (AvgIpc) is 3.08. The van der Waals surface area contributed by atoms with Crippen molar-refractivity contribution in [3.63, 3.8) is 0 Å². The molecule has 0 saturated heterocycles. The molecule has 9 nitrogen and oxygen atoms in total. The van der Waals surface area contributed by atoms with Gasteiger partial charge in [0.1, 0.15) is 12.2 Å². The van der Waals surface area contributed by atoms with E-state index in [2.05, 4.69) is 35.4 Å². The molecule has 0 atom stereocenters. The van der Waals surface area contributed by atoms with Crippen molar-refractivity contribution in [3.8, 4) is 0 Å². The summed E-state index contributed by atoms with van der Waals surface area (Å²) < 4.78 is 26.8. The molecule has 0 spiro atoms. The number of hydrogen-bond donors (Lipinski definition) is 4. The van der Waals surface area contributed by atoms with Crippen LogP contribution in [0.1, 0.15) is 24.7 Å². The first-order chi connectivity index (χ1) is 9.63. The summed E-state index contributed by atoms with van der Waals surface area (Å²) in [5.41, 5.74) is 0.600. The number of rotatable bonds is 8. The molecular weight excluding hydrogens is 282 g/mol. The molecule has 0 aliphatic carbocycles. The Bertz CT molecular complexity index is 620. The highest BCUT2D eigenvalue weighted by molar-refractivity contribution is 7.89. The molecule has 0 bridgehead atoms. The molecule has 0 aromatic carbocycles. The van der Waals surface area contributed by atoms with Gasteiger partial charge in [0, 0.05) is 12.1 Å². The third-order valence-electron chi connectivity index (χ3n) is 2.58. The van der Waals surface area contributed by atoms with Crippen LogP contribution in [0.5, 0.6) is 0 Å². The van der Waals surface area contributed by atoms with Gasteiger partial charge in [0.15, 0.2) is 5.03 Å². The molecule has 2 aromatic heterocycles. The zero-order valence-electron chi connectivity index (χ0n) is 11.0. The van der Waals surface area contributed by atoms with E-state index < -0.39 is 10.0 Å². The number of hydrogen-bond acceptors (Lipinski definition) is 6. The Balaban J connectivity index is 2.03. The van der Waals surface area contributed by atoms with Crippen LogP contribution in [0.4, 0.5) is 0 Å². The lowest BCUT2D eigenvalue weighted by molar-refractivity contribution is 0.571. The highest BCUT2D eigenvalue weighted by Crippen LogP contribution is 2.11. The molecule has 0 fully saturated rings. The summed E-state index contributed by atoms with van der Waals surface area (Å²) in [5.74, 6) is 0.443. The molecule has 2 aromatic rings. The first-order valence-corrected chi connectivity index (χ1v) is 7.68. The number of aromatic nitrogens is 5. The van der Waals surface area contributed by atoms with Gasteiger partial charge in [0.25, 0.3) is 10.0 Å². The summed E-state index contributed by atoms with van der Waals surface area (Å²) in [6.07, 6.45) is 3.80. The zero-order chi connectivity index (χ0) is 14.4. The van der Waals surface area contributed by atoms with Crippen LogP contribution in [0.15, 0.2) is 17.6 Å². The Hall–Kier alpha value is -1.78. The van der Waals surface area contributed by atoms with E-state index in [1.165, 1.54) is 12.5 Å². The number of nitrogens with one attached hydrogen (secondary N) is 4. The van der Waals surface area contributed by atoms with Crippen LogP contribution in [-0.4, -0.2) is 40.3 Å². The van der Waals surface area contributed by atoms with E-state index in [9.17, 15) is 8.42 Å². The lowest BCUT2D eigenvalue weighted by atomic mass is 10.3. The van der Waals surface area contributed by atoms with Crippen LogP contribution in [0.25, 0.3) is 0 Å². The monoisotopic (exact) mass is 299 g/mol. The molecule has 0 amide bonds. The molecule has 2 heterocycles. The maximum Gasteiger partial charge on any atom is 0.258 e. The van der Waals surface area contributed by atoms with Crippen molar-refractivity contribution >= 4 is 10.0 Å². The number of aromatic amines is 2. The minimum absolute atomic E-state index is 0.0448. The molecule has 20 heavy (non-hydrogen) atoms. The van der Waals surface area contributed by atoms with Gasteiger partial charge in [-0.3, -0.25) is 10.2 Å². The topological polar surface area (TPSA) is 128 Å². The average molecular weight is 299 g/mol. The van der Waals surface area contributed by atoms with Gasteiger partial charge in [-0.15, -0.1) is 0 Å². The minimum Gasteiger partial charge on any atom is -0.313 e. The van der Waals surface area contributed by atoms with Crippen molar-refractivity contribution < 1.29 is 8.42 Å². The van der Waals surface area contributed by atoms with Crippen molar-refractivity contribution in [1.29, 1.82) is 0 Å². The van der Waals surface area contributed by atoms with E-state index in [0.717, 1.165) is 13.0 Å². The predicted molar refractivity (Wildman–Crippen MR) is 71.0 cm³/mol. The van der Waals surface area contributed by atoms with Gasteiger partial charge in [0.2, 0.25) is 0 Å².